The molecule has 0 aliphatic heterocycles. The predicted molar refractivity (Wildman–Crippen MR) is 75.2 cm³/mol. The van der Waals surface area contributed by atoms with Gasteiger partial charge >= 0.3 is 6.18 Å². The van der Waals surface area contributed by atoms with Gasteiger partial charge in [-0.15, -0.1) is 0 Å². The van der Waals surface area contributed by atoms with E-state index in [0.29, 0.717) is 12.3 Å². The van der Waals surface area contributed by atoms with Gasteiger partial charge in [0.05, 0.1) is 11.7 Å². The Morgan fingerprint density at radius 2 is 2.10 bits per heavy atom. The third-order valence-corrected chi connectivity index (χ3v) is 4.97. The zero-order valence-corrected chi connectivity index (χ0v) is 12.0. The number of hydrogen-bond donors (Lipinski definition) is 1. The van der Waals surface area contributed by atoms with E-state index in [4.69, 9.17) is 4.74 Å². The van der Waals surface area contributed by atoms with Crippen LogP contribution in [0, 0.1) is 5.41 Å². The first-order valence-electron chi connectivity index (χ1n) is 7.51. The first-order valence-corrected chi connectivity index (χ1v) is 7.51. The topological polar surface area (TPSA) is 21.3 Å². The molecule has 3 rings (SSSR count). The Morgan fingerprint density at radius 1 is 1.33 bits per heavy atom. The Bertz CT molecular complexity index is 510. The molecule has 2 fully saturated rings. The van der Waals surface area contributed by atoms with Gasteiger partial charge < -0.3 is 10.1 Å². The third kappa shape index (κ3) is 2.52. The zero-order chi connectivity index (χ0) is 15.1. The summed E-state index contributed by atoms with van der Waals surface area (Å²) in [6.45, 7) is 2.68. The third-order valence-electron chi connectivity index (χ3n) is 4.97. The highest BCUT2D eigenvalue weighted by Crippen LogP contribution is 2.58. The van der Waals surface area contributed by atoms with Gasteiger partial charge in [-0.1, -0.05) is 12.5 Å². The molecule has 116 valence electrons. The number of rotatable bonds is 4. The van der Waals surface area contributed by atoms with E-state index in [1.54, 1.807) is 6.07 Å². The summed E-state index contributed by atoms with van der Waals surface area (Å²) in [5.74, 6) is 0. The number of halogens is 3. The van der Waals surface area contributed by atoms with Gasteiger partial charge in [0.1, 0.15) is 0 Å². The minimum absolute atomic E-state index is 0.143. The number of hydrogen-bond acceptors (Lipinski definition) is 2. The zero-order valence-electron chi connectivity index (χ0n) is 12.0. The molecule has 2 atom stereocenters. The van der Waals surface area contributed by atoms with Crippen LogP contribution in [0.3, 0.4) is 0 Å². The summed E-state index contributed by atoms with van der Waals surface area (Å²) in [6.07, 6.45) is 0.246. The smallest absolute Gasteiger partial charge is 0.382 e. The van der Waals surface area contributed by atoms with Crippen LogP contribution in [0.25, 0.3) is 0 Å². The molecule has 2 saturated carbocycles. The maximum absolute atomic E-state index is 12.7. The second-order valence-corrected chi connectivity index (χ2v) is 6.04. The molecular formula is C16H20F3NO. The van der Waals surface area contributed by atoms with Crippen LogP contribution in [0.5, 0.6) is 0 Å². The molecule has 1 N–H and O–H groups in total. The fourth-order valence-electron chi connectivity index (χ4n) is 3.63. The lowest BCUT2D eigenvalue weighted by Crippen LogP contribution is -2.64. The molecule has 1 aromatic rings. The summed E-state index contributed by atoms with van der Waals surface area (Å²) in [5, 5.41) is 3.29. The average Bonchev–Trinajstić information content (AvgIpc) is 2.35. The summed E-state index contributed by atoms with van der Waals surface area (Å²) in [5.41, 5.74) is 0.0939. The summed E-state index contributed by atoms with van der Waals surface area (Å²) < 4.78 is 44.0. The molecule has 1 aromatic carbocycles. The molecule has 0 radical (unpaired) electrons. The van der Waals surface area contributed by atoms with Crippen molar-refractivity contribution in [1.82, 2.24) is 0 Å². The fraction of sp³-hybridized carbons (Fsp3) is 0.625. The molecular weight excluding hydrogens is 279 g/mol. The Hall–Kier alpha value is -1.23. The molecule has 2 aliphatic carbocycles. The molecule has 2 unspecified atom stereocenters. The number of anilines is 1. The highest BCUT2D eigenvalue weighted by molar-refractivity contribution is 5.48. The summed E-state index contributed by atoms with van der Waals surface area (Å²) in [6, 6.07) is 5.69. The fourth-order valence-corrected chi connectivity index (χ4v) is 3.63. The van der Waals surface area contributed by atoms with Crippen LogP contribution >= 0.6 is 0 Å². The predicted octanol–water partition coefficient (Wildman–Crippen LogP) is 4.47. The van der Waals surface area contributed by atoms with Gasteiger partial charge in [0.25, 0.3) is 0 Å². The van der Waals surface area contributed by atoms with Crippen molar-refractivity contribution < 1.29 is 17.9 Å². The minimum atomic E-state index is -4.29. The molecule has 1 spiro atoms. The van der Waals surface area contributed by atoms with Gasteiger partial charge in [-0.2, -0.15) is 13.2 Å². The Kier molecular flexibility index (Phi) is 3.64. The van der Waals surface area contributed by atoms with E-state index in [-0.39, 0.29) is 17.6 Å². The lowest BCUT2D eigenvalue weighted by Gasteiger charge is -2.61. The van der Waals surface area contributed by atoms with E-state index >= 15 is 0 Å². The molecule has 0 heterocycles. The molecule has 5 heteroatoms. The van der Waals surface area contributed by atoms with Crippen LogP contribution in [0.1, 0.15) is 38.2 Å². The maximum Gasteiger partial charge on any atom is 0.416 e. The Balaban J connectivity index is 1.70. The normalized spacial score (nSPS) is 27.0. The van der Waals surface area contributed by atoms with Crippen molar-refractivity contribution in [3.05, 3.63) is 29.8 Å². The van der Waals surface area contributed by atoms with Gasteiger partial charge in [0.2, 0.25) is 0 Å². The van der Waals surface area contributed by atoms with Crippen molar-refractivity contribution in [3.63, 3.8) is 0 Å². The van der Waals surface area contributed by atoms with Gasteiger partial charge in [-0.3, -0.25) is 0 Å². The van der Waals surface area contributed by atoms with E-state index in [2.05, 4.69) is 5.32 Å². The second kappa shape index (κ2) is 5.20. The lowest BCUT2D eigenvalue weighted by molar-refractivity contribution is -0.157. The lowest BCUT2D eigenvalue weighted by atomic mass is 9.51. The quantitative estimate of drug-likeness (QED) is 0.886. The van der Waals surface area contributed by atoms with E-state index in [9.17, 15) is 13.2 Å². The molecule has 0 saturated heterocycles. The van der Waals surface area contributed by atoms with Crippen molar-refractivity contribution >= 4 is 5.69 Å². The molecule has 0 bridgehead atoms. The summed E-state index contributed by atoms with van der Waals surface area (Å²) >= 11 is 0. The monoisotopic (exact) mass is 299 g/mol. The second-order valence-electron chi connectivity index (χ2n) is 6.04. The Morgan fingerprint density at radius 3 is 2.67 bits per heavy atom. The van der Waals surface area contributed by atoms with Crippen LogP contribution in [0.15, 0.2) is 24.3 Å². The maximum atomic E-state index is 12.7. The van der Waals surface area contributed by atoms with Gasteiger partial charge in [-0.05, 0) is 44.4 Å². The SMILES string of the molecule is CCOC1CC(Nc2cccc(C(F)(F)F)c2)C12CCC2. The van der Waals surface area contributed by atoms with E-state index in [1.165, 1.54) is 18.6 Å². The van der Waals surface area contributed by atoms with Crippen LogP contribution in [-0.4, -0.2) is 18.8 Å². The first-order chi connectivity index (χ1) is 9.95. The van der Waals surface area contributed by atoms with Crippen molar-refractivity contribution in [1.29, 1.82) is 0 Å². The van der Waals surface area contributed by atoms with Crippen LogP contribution in [0.2, 0.25) is 0 Å². The average molecular weight is 299 g/mol. The molecule has 2 nitrogen and oxygen atoms in total. The van der Waals surface area contributed by atoms with Crippen molar-refractivity contribution in [2.24, 2.45) is 5.41 Å². The van der Waals surface area contributed by atoms with Crippen molar-refractivity contribution in [2.75, 3.05) is 11.9 Å². The number of nitrogens with one attached hydrogen (secondary N) is 1. The minimum Gasteiger partial charge on any atom is -0.382 e. The van der Waals surface area contributed by atoms with E-state index in [0.717, 1.165) is 25.3 Å². The van der Waals surface area contributed by atoms with Crippen molar-refractivity contribution in [3.8, 4) is 0 Å². The largest absolute Gasteiger partial charge is 0.416 e. The Labute approximate surface area is 122 Å². The van der Waals surface area contributed by atoms with Gasteiger partial charge in [0.15, 0.2) is 0 Å². The van der Waals surface area contributed by atoms with Crippen LogP contribution in [-0.2, 0) is 10.9 Å². The van der Waals surface area contributed by atoms with Gasteiger partial charge in [0, 0.05) is 23.8 Å². The van der Waals surface area contributed by atoms with E-state index < -0.39 is 11.7 Å². The van der Waals surface area contributed by atoms with Gasteiger partial charge in [-0.25, -0.2) is 0 Å². The number of benzene rings is 1. The summed E-state index contributed by atoms with van der Waals surface area (Å²) in [4.78, 5) is 0. The standard InChI is InChI=1S/C16H20F3NO/c1-2-21-14-10-13(15(14)7-4-8-15)20-12-6-3-5-11(9-12)16(17,18)19/h3,5-6,9,13-14,20H,2,4,7-8,10H2,1H3. The molecule has 0 amide bonds. The summed E-state index contributed by atoms with van der Waals surface area (Å²) in [7, 11) is 0. The highest BCUT2D eigenvalue weighted by Gasteiger charge is 2.58. The van der Waals surface area contributed by atoms with Crippen molar-refractivity contribution in [2.45, 2.75) is 50.9 Å². The highest BCUT2D eigenvalue weighted by atomic mass is 19.4. The molecule has 2 aliphatic rings. The van der Waals surface area contributed by atoms with Crippen LogP contribution < -0.4 is 5.32 Å². The number of alkyl halides is 3. The van der Waals surface area contributed by atoms with E-state index in [1.807, 2.05) is 6.92 Å². The number of ether oxygens (including phenoxy) is 1. The van der Waals surface area contributed by atoms with Crippen LogP contribution in [0.4, 0.5) is 18.9 Å². The molecule has 21 heavy (non-hydrogen) atoms. The molecule has 0 aromatic heterocycles. The first kappa shape index (κ1) is 14.7.